The number of halogens is 1. The van der Waals surface area contributed by atoms with E-state index in [4.69, 9.17) is 25.8 Å². The van der Waals surface area contributed by atoms with Gasteiger partial charge in [0.15, 0.2) is 0 Å². The first-order valence-corrected chi connectivity index (χ1v) is 11.7. The van der Waals surface area contributed by atoms with Gasteiger partial charge in [-0.3, -0.25) is 4.79 Å². The van der Waals surface area contributed by atoms with E-state index < -0.39 is 0 Å². The van der Waals surface area contributed by atoms with Crippen molar-refractivity contribution in [3.05, 3.63) is 87.8 Å². The van der Waals surface area contributed by atoms with E-state index in [0.717, 1.165) is 15.6 Å². The second-order valence-corrected chi connectivity index (χ2v) is 8.77. The molecule has 0 fully saturated rings. The monoisotopic (exact) mass is 495 g/mol. The molecule has 0 radical (unpaired) electrons. The number of ether oxygens (including phenoxy) is 3. The lowest BCUT2D eigenvalue weighted by Gasteiger charge is -2.14. The fourth-order valence-corrected chi connectivity index (χ4v) is 4.52. The Hall–Kier alpha value is -3.55. The number of thiophene rings is 1. The summed E-state index contributed by atoms with van der Waals surface area (Å²) in [4.78, 5) is 25.3. The molecule has 1 amide bonds. The van der Waals surface area contributed by atoms with Crippen LogP contribution in [0.5, 0.6) is 11.5 Å². The first-order valence-electron chi connectivity index (χ1n) is 10.5. The van der Waals surface area contributed by atoms with Crippen LogP contribution in [0.2, 0.25) is 5.02 Å². The molecule has 0 atom stereocenters. The van der Waals surface area contributed by atoms with E-state index in [1.165, 1.54) is 18.4 Å². The number of benzene rings is 3. The summed E-state index contributed by atoms with van der Waals surface area (Å²) < 4.78 is 17.3. The molecule has 0 saturated heterocycles. The van der Waals surface area contributed by atoms with E-state index in [2.05, 4.69) is 5.32 Å². The van der Waals surface area contributed by atoms with Crippen LogP contribution in [-0.4, -0.2) is 25.6 Å². The smallest absolute Gasteiger partial charge is 0.348 e. The Labute approximate surface area is 206 Å². The van der Waals surface area contributed by atoms with Crippen LogP contribution in [0.1, 0.15) is 32.5 Å². The van der Waals surface area contributed by atoms with Crippen molar-refractivity contribution in [1.82, 2.24) is 0 Å². The highest BCUT2D eigenvalue weighted by Crippen LogP contribution is 2.30. The largest absolute Gasteiger partial charge is 0.493 e. The van der Waals surface area contributed by atoms with E-state index in [1.54, 1.807) is 42.5 Å². The molecule has 0 aliphatic carbocycles. The molecule has 4 aromatic rings. The number of nitrogens with one attached hydrogen (secondary N) is 1. The first-order chi connectivity index (χ1) is 16.5. The predicted octanol–water partition coefficient (Wildman–Crippen LogP) is 6.57. The Kier molecular flexibility index (Phi) is 7.35. The van der Waals surface area contributed by atoms with Crippen molar-refractivity contribution in [3.63, 3.8) is 0 Å². The Morgan fingerprint density at radius 2 is 1.79 bits per heavy atom. The lowest BCUT2D eigenvalue weighted by atomic mass is 10.1. The average molecular weight is 496 g/mol. The van der Waals surface area contributed by atoms with Crippen molar-refractivity contribution in [2.75, 3.05) is 19.0 Å². The van der Waals surface area contributed by atoms with E-state index in [-0.39, 0.29) is 18.5 Å². The highest BCUT2D eigenvalue weighted by molar-refractivity contribution is 7.20. The van der Waals surface area contributed by atoms with Crippen LogP contribution in [0.3, 0.4) is 0 Å². The van der Waals surface area contributed by atoms with Gasteiger partial charge < -0.3 is 19.5 Å². The molecule has 1 N–H and O–H groups in total. The normalized spacial score (nSPS) is 10.7. The Balaban J connectivity index is 1.53. The summed E-state index contributed by atoms with van der Waals surface area (Å²) in [6.45, 7) is 2.57. The van der Waals surface area contributed by atoms with Crippen molar-refractivity contribution in [2.24, 2.45) is 0 Å². The number of fused-ring (bicyclic) bond motifs is 1. The average Bonchev–Trinajstić information content (AvgIpc) is 3.27. The van der Waals surface area contributed by atoms with Gasteiger partial charge in [0, 0.05) is 21.5 Å². The standard InChI is InChI=1S/C26H22ClNO5S/c1-3-32-21-10-8-16(12-18(21)15-33-22-7-5-4-6-20(22)27)25(29)28-19-9-11-23-17(13-19)14-24(34-23)26(30)31-2/h4-14H,3,15H2,1-2H3,(H,28,29). The first kappa shape index (κ1) is 23.6. The van der Waals surface area contributed by atoms with Gasteiger partial charge in [-0.05, 0) is 66.9 Å². The molecule has 6 nitrogen and oxygen atoms in total. The maximum Gasteiger partial charge on any atom is 0.348 e. The van der Waals surface area contributed by atoms with Crippen LogP contribution < -0.4 is 14.8 Å². The minimum absolute atomic E-state index is 0.192. The molecule has 0 bridgehead atoms. The molecule has 0 aliphatic rings. The SMILES string of the molecule is CCOc1ccc(C(=O)Nc2ccc3sc(C(=O)OC)cc3c2)cc1COc1ccccc1Cl. The Morgan fingerprint density at radius 3 is 2.56 bits per heavy atom. The summed E-state index contributed by atoms with van der Waals surface area (Å²) in [5.74, 6) is 0.538. The van der Waals surface area contributed by atoms with Gasteiger partial charge in [0.25, 0.3) is 5.91 Å². The van der Waals surface area contributed by atoms with E-state index in [1.807, 2.05) is 31.2 Å². The fraction of sp³-hybridized carbons (Fsp3) is 0.154. The number of hydrogen-bond acceptors (Lipinski definition) is 6. The van der Waals surface area contributed by atoms with Crippen LogP contribution in [0.15, 0.2) is 66.7 Å². The van der Waals surface area contributed by atoms with Gasteiger partial charge in [0.05, 0.1) is 18.7 Å². The number of amides is 1. The zero-order valence-electron chi connectivity index (χ0n) is 18.6. The molecular weight excluding hydrogens is 474 g/mol. The van der Waals surface area contributed by atoms with Crippen molar-refractivity contribution in [2.45, 2.75) is 13.5 Å². The highest BCUT2D eigenvalue weighted by atomic mass is 35.5. The summed E-state index contributed by atoms with van der Waals surface area (Å²) >= 11 is 7.53. The van der Waals surface area contributed by atoms with E-state index in [0.29, 0.717) is 39.3 Å². The summed E-state index contributed by atoms with van der Waals surface area (Å²) in [6, 6.07) is 19.7. The maximum absolute atomic E-state index is 13.0. The third-order valence-corrected chi connectivity index (χ3v) is 6.41. The Morgan fingerprint density at radius 1 is 0.971 bits per heavy atom. The molecule has 1 heterocycles. The second-order valence-electron chi connectivity index (χ2n) is 7.28. The van der Waals surface area contributed by atoms with Gasteiger partial charge in [0.1, 0.15) is 23.0 Å². The van der Waals surface area contributed by atoms with Crippen molar-refractivity contribution < 1.29 is 23.8 Å². The molecule has 0 spiro atoms. The molecule has 0 unspecified atom stereocenters. The zero-order chi connectivity index (χ0) is 24.1. The Bertz CT molecular complexity index is 1350. The predicted molar refractivity (Wildman–Crippen MR) is 135 cm³/mol. The number of rotatable bonds is 8. The number of hydrogen-bond donors (Lipinski definition) is 1. The minimum atomic E-state index is -0.382. The molecule has 3 aromatic carbocycles. The second kappa shape index (κ2) is 10.6. The van der Waals surface area contributed by atoms with Gasteiger partial charge in [-0.25, -0.2) is 4.79 Å². The summed E-state index contributed by atoms with van der Waals surface area (Å²) in [7, 11) is 1.35. The minimum Gasteiger partial charge on any atom is -0.493 e. The quantitative estimate of drug-likeness (QED) is 0.280. The van der Waals surface area contributed by atoms with Crippen molar-refractivity contribution >= 4 is 50.6 Å². The van der Waals surface area contributed by atoms with Gasteiger partial charge in [0.2, 0.25) is 0 Å². The number of carbonyl (C=O) groups excluding carboxylic acids is 2. The molecule has 0 aliphatic heterocycles. The van der Waals surface area contributed by atoms with Gasteiger partial charge >= 0.3 is 5.97 Å². The van der Waals surface area contributed by atoms with Gasteiger partial charge in [-0.15, -0.1) is 11.3 Å². The number of esters is 1. The molecular formula is C26H22ClNO5S. The van der Waals surface area contributed by atoms with E-state index >= 15 is 0 Å². The van der Waals surface area contributed by atoms with Crippen molar-refractivity contribution in [1.29, 1.82) is 0 Å². The number of methoxy groups -OCH3 is 1. The van der Waals surface area contributed by atoms with E-state index in [9.17, 15) is 9.59 Å². The third-order valence-electron chi connectivity index (χ3n) is 5.00. The van der Waals surface area contributed by atoms with Crippen LogP contribution >= 0.6 is 22.9 Å². The molecule has 4 rings (SSSR count). The van der Waals surface area contributed by atoms with Gasteiger partial charge in [-0.1, -0.05) is 23.7 Å². The maximum atomic E-state index is 13.0. The number of anilines is 1. The van der Waals surface area contributed by atoms with Crippen LogP contribution in [0.4, 0.5) is 5.69 Å². The summed E-state index contributed by atoms with van der Waals surface area (Å²) in [6.07, 6.45) is 0. The molecule has 1 aromatic heterocycles. The summed E-state index contributed by atoms with van der Waals surface area (Å²) in [5, 5.41) is 4.27. The molecule has 34 heavy (non-hydrogen) atoms. The number of para-hydroxylation sites is 1. The summed E-state index contributed by atoms with van der Waals surface area (Å²) in [5.41, 5.74) is 1.81. The van der Waals surface area contributed by atoms with Crippen LogP contribution in [0, 0.1) is 0 Å². The van der Waals surface area contributed by atoms with Crippen LogP contribution in [-0.2, 0) is 11.3 Å². The lowest BCUT2D eigenvalue weighted by molar-refractivity contribution is 0.0606. The third kappa shape index (κ3) is 5.32. The zero-order valence-corrected chi connectivity index (χ0v) is 20.2. The number of carbonyl (C=O) groups is 2. The van der Waals surface area contributed by atoms with Crippen LogP contribution in [0.25, 0.3) is 10.1 Å². The lowest BCUT2D eigenvalue weighted by Crippen LogP contribution is -2.13. The highest BCUT2D eigenvalue weighted by Gasteiger charge is 2.14. The molecule has 174 valence electrons. The van der Waals surface area contributed by atoms with Gasteiger partial charge in [-0.2, -0.15) is 0 Å². The fourth-order valence-electron chi connectivity index (χ4n) is 3.37. The molecule has 0 saturated carbocycles. The molecule has 8 heteroatoms. The topological polar surface area (TPSA) is 73.9 Å². The van der Waals surface area contributed by atoms with Crippen molar-refractivity contribution in [3.8, 4) is 11.5 Å².